The molecular formula is C9H13N3. The van der Waals surface area contributed by atoms with Crippen LogP contribution in [0.5, 0.6) is 0 Å². The summed E-state index contributed by atoms with van der Waals surface area (Å²) in [6.45, 7) is 3.00. The van der Waals surface area contributed by atoms with Crippen molar-refractivity contribution in [1.29, 1.82) is 0 Å². The maximum absolute atomic E-state index is 5.01. The smallest absolute Gasteiger partial charge is 0.0538 e. The highest BCUT2D eigenvalue weighted by molar-refractivity contribution is 5.79. The predicted molar refractivity (Wildman–Crippen MR) is 52.4 cm³/mol. The van der Waals surface area contributed by atoms with Crippen LogP contribution in [0.2, 0.25) is 0 Å². The molecule has 0 unspecified atom stereocenters. The number of hydrogen-bond acceptors (Lipinski definition) is 3. The number of rotatable bonds is 3. The zero-order valence-corrected chi connectivity index (χ0v) is 7.12. The standard InChI is InChI=1S/C9H13N3/c1-2-11-9-5-3-8(4-6-9)7-12-10/h3-7,11H,2,10H2,1H3/b12-7+. The minimum atomic E-state index is 0.935. The third kappa shape index (κ3) is 2.27. The van der Waals surface area contributed by atoms with Crippen molar-refractivity contribution in [2.45, 2.75) is 6.92 Å². The fourth-order valence-corrected chi connectivity index (χ4v) is 0.977. The highest BCUT2D eigenvalue weighted by atomic mass is 15.1. The molecule has 0 radical (unpaired) electrons. The van der Waals surface area contributed by atoms with Gasteiger partial charge in [0.1, 0.15) is 0 Å². The van der Waals surface area contributed by atoms with Crippen molar-refractivity contribution in [1.82, 2.24) is 0 Å². The van der Waals surface area contributed by atoms with Gasteiger partial charge in [-0.15, -0.1) is 0 Å². The summed E-state index contributed by atoms with van der Waals surface area (Å²) in [6, 6.07) is 7.93. The molecule has 0 saturated heterocycles. The fourth-order valence-electron chi connectivity index (χ4n) is 0.977. The minimum absolute atomic E-state index is 0.935. The number of nitrogens with one attached hydrogen (secondary N) is 1. The van der Waals surface area contributed by atoms with E-state index in [9.17, 15) is 0 Å². The molecule has 3 heteroatoms. The zero-order valence-electron chi connectivity index (χ0n) is 7.12. The maximum atomic E-state index is 5.01. The van der Waals surface area contributed by atoms with Crippen LogP contribution in [0.15, 0.2) is 29.4 Å². The molecule has 0 bridgehead atoms. The highest BCUT2D eigenvalue weighted by Crippen LogP contribution is 2.07. The van der Waals surface area contributed by atoms with Gasteiger partial charge in [0.2, 0.25) is 0 Å². The second-order valence-electron chi connectivity index (χ2n) is 2.43. The summed E-state index contributed by atoms with van der Waals surface area (Å²) in [5.41, 5.74) is 2.13. The van der Waals surface area contributed by atoms with Crippen molar-refractivity contribution in [3.63, 3.8) is 0 Å². The molecule has 64 valence electrons. The first kappa shape index (κ1) is 8.59. The number of nitrogens with zero attached hydrogens (tertiary/aromatic N) is 1. The van der Waals surface area contributed by atoms with Gasteiger partial charge in [-0.2, -0.15) is 5.10 Å². The van der Waals surface area contributed by atoms with E-state index in [0.29, 0.717) is 0 Å². The first-order chi connectivity index (χ1) is 5.86. The highest BCUT2D eigenvalue weighted by Gasteiger charge is 1.89. The van der Waals surface area contributed by atoms with Gasteiger partial charge in [0.05, 0.1) is 6.21 Å². The van der Waals surface area contributed by atoms with Crippen molar-refractivity contribution in [2.75, 3.05) is 11.9 Å². The monoisotopic (exact) mass is 163 g/mol. The summed E-state index contributed by atoms with van der Waals surface area (Å²) in [5.74, 6) is 5.01. The predicted octanol–water partition coefficient (Wildman–Crippen LogP) is 1.41. The summed E-state index contributed by atoms with van der Waals surface area (Å²) in [5, 5.41) is 6.64. The molecule has 0 atom stereocenters. The van der Waals surface area contributed by atoms with Gasteiger partial charge in [-0.25, -0.2) is 0 Å². The molecule has 1 aromatic carbocycles. The molecule has 0 aliphatic carbocycles. The van der Waals surface area contributed by atoms with Crippen LogP contribution in [0.3, 0.4) is 0 Å². The number of hydrogen-bond donors (Lipinski definition) is 2. The lowest BCUT2D eigenvalue weighted by atomic mass is 10.2. The van der Waals surface area contributed by atoms with Crippen LogP contribution in [0, 0.1) is 0 Å². The molecule has 0 spiro atoms. The van der Waals surface area contributed by atoms with Crippen molar-refractivity contribution < 1.29 is 0 Å². The van der Waals surface area contributed by atoms with E-state index >= 15 is 0 Å². The van der Waals surface area contributed by atoms with Gasteiger partial charge in [0.15, 0.2) is 0 Å². The van der Waals surface area contributed by atoms with Gasteiger partial charge >= 0.3 is 0 Å². The lowest BCUT2D eigenvalue weighted by molar-refractivity contribution is 1.21. The maximum Gasteiger partial charge on any atom is 0.0538 e. The summed E-state index contributed by atoms with van der Waals surface area (Å²) in [7, 11) is 0. The van der Waals surface area contributed by atoms with Crippen molar-refractivity contribution in [2.24, 2.45) is 10.9 Å². The SMILES string of the molecule is CCNc1ccc(/C=N/N)cc1. The first-order valence-corrected chi connectivity index (χ1v) is 3.94. The van der Waals surface area contributed by atoms with Gasteiger partial charge in [-0.05, 0) is 24.6 Å². The minimum Gasteiger partial charge on any atom is -0.385 e. The van der Waals surface area contributed by atoms with Crippen LogP contribution in [0.1, 0.15) is 12.5 Å². The Kier molecular flexibility index (Phi) is 3.14. The van der Waals surface area contributed by atoms with Crippen LogP contribution in [0.25, 0.3) is 0 Å². The van der Waals surface area contributed by atoms with Gasteiger partial charge < -0.3 is 11.2 Å². The average molecular weight is 163 g/mol. The third-order valence-corrected chi connectivity index (χ3v) is 1.52. The van der Waals surface area contributed by atoms with Gasteiger partial charge in [-0.3, -0.25) is 0 Å². The molecular weight excluding hydrogens is 150 g/mol. The molecule has 3 nitrogen and oxygen atoms in total. The van der Waals surface area contributed by atoms with E-state index in [2.05, 4.69) is 17.3 Å². The lowest BCUT2D eigenvalue weighted by Crippen LogP contribution is -1.96. The average Bonchev–Trinajstić information content (AvgIpc) is 2.09. The molecule has 12 heavy (non-hydrogen) atoms. The number of benzene rings is 1. The topological polar surface area (TPSA) is 50.4 Å². The van der Waals surface area contributed by atoms with E-state index < -0.39 is 0 Å². The zero-order chi connectivity index (χ0) is 8.81. The van der Waals surface area contributed by atoms with E-state index in [1.54, 1.807) is 6.21 Å². The number of nitrogens with two attached hydrogens (primary N) is 1. The molecule has 0 saturated carbocycles. The molecule has 1 aromatic rings. The summed E-state index contributed by atoms with van der Waals surface area (Å²) < 4.78 is 0. The van der Waals surface area contributed by atoms with Crippen LogP contribution in [-0.4, -0.2) is 12.8 Å². The Morgan fingerprint density at radius 3 is 2.58 bits per heavy atom. The quantitative estimate of drug-likeness (QED) is 0.402. The molecule has 1 rings (SSSR count). The molecule has 0 aromatic heterocycles. The van der Waals surface area contributed by atoms with Crippen molar-refractivity contribution in [3.8, 4) is 0 Å². The summed E-state index contributed by atoms with van der Waals surface area (Å²) >= 11 is 0. The Balaban J connectivity index is 2.71. The number of anilines is 1. The molecule has 0 aliphatic rings. The van der Waals surface area contributed by atoms with E-state index in [1.807, 2.05) is 24.3 Å². The van der Waals surface area contributed by atoms with E-state index in [0.717, 1.165) is 17.8 Å². The largest absolute Gasteiger partial charge is 0.385 e. The normalized spacial score (nSPS) is 10.4. The fraction of sp³-hybridized carbons (Fsp3) is 0.222. The van der Waals surface area contributed by atoms with Crippen LogP contribution < -0.4 is 11.2 Å². The van der Waals surface area contributed by atoms with E-state index in [4.69, 9.17) is 5.84 Å². The van der Waals surface area contributed by atoms with E-state index in [1.165, 1.54) is 0 Å². The van der Waals surface area contributed by atoms with Crippen molar-refractivity contribution in [3.05, 3.63) is 29.8 Å². The van der Waals surface area contributed by atoms with Crippen molar-refractivity contribution >= 4 is 11.9 Å². The van der Waals surface area contributed by atoms with Crippen LogP contribution in [0.4, 0.5) is 5.69 Å². The molecule has 0 fully saturated rings. The summed E-state index contributed by atoms with van der Waals surface area (Å²) in [4.78, 5) is 0. The Labute approximate surface area is 72.3 Å². The Morgan fingerprint density at radius 1 is 1.42 bits per heavy atom. The second kappa shape index (κ2) is 4.38. The van der Waals surface area contributed by atoms with Gasteiger partial charge in [-0.1, -0.05) is 12.1 Å². The lowest BCUT2D eigenvalue weighted by Gasteiger charge is -2.01. The molecule has 0 amide bonds. The molecule has 0 heterocycles. The Hall–Kier alpha value is -1.51. The Bertz CT molecular complexity index is 251. The van der Waals surface area contributed by atoms with Gasteiger partial charge in [0.25, 0.3) is 0 Å². The van der Waals surface area contributed by atoms with E-state index in [-0.39, 0.29) is 0 Å². The van der Waals surface area contributed by atoms with Gasteiger partial charge in [0, 0.05) is 12.2 Å². The van der Waals surface area contributed by atoms with Crippen LogP contribution >= 0.6 is 0 Å². The Morgan fingerprint density at radius 2 is 2.08 bits per heavy atom. The molecule has 3 N–H and O–H groups in total. The van der Waals surface area contributed by atoms with Crippen LogP contribution in [-0.2, 0) is 0 Å². The molecule has 0 aliphatic heterocycles. The second-order valence-corrected chi connectivity index (χ2v) is 2.43. The number of hydrazone groups is 1. The third-order valence-electron chi connectivity index (χ3n) is 1.52. The first-order valence-electron chi connectivity index (χ1n) is 3.94. The summed E-state index contributed by atoms with van der Waals surface area (Å²) in [6.07, 6.45) is 1.62.